The summed E-state index contributed by atoms with van der Waals surface area (Å²) in [6, 6.07) is 46.4. The van der Waals surface area contributed by atoms with Crippen LogP contribution in [0.4, 0.5) is 0 Å². The van der Waals surface area contributed by atoms with Crippen molar-refractivity contribution in [1.29, 1.82) is 0 Å². The van der Waals surface area contributed by atoms with E-state index >= 15 is 0 Å². The van der Waals surface area contributed by atoms with Crippen LogP contribution in [0.25, 0.3) is 82.7 Å². The van der Waals surface area contributed by atoms with Crippen molar-refractivity contribution in [3.05, 3.63) is 138 Å². The lowest BCUT2D eigenvalue weighted by Crippen LogP contribution is -2.55. The highest BCUT2D eigenvalue weighted by atomic mass is 16.5. The third-order valence-electron chi connectivity index (χ3n) is 13.7. The zero-order chi connectivity index (χ0) is 42.5. The molecule has 302 valence electrons. The Morgan fingerprint density at radius 3 is 1.56 bits per heavy atom. The molecule has 0 spiro atoms. The highest BCUT2D eigenvalue weighted by Gasteiger charge is 2.43. The molecule has 2 aliphatic heterocycles. The van der Waals surface area contributed by atoms with Crippen molar-refractivity contribution >= 4 is 61.4 Å². The van der Waals surface area contributed by atoms with Gasteiger partial charge in [-0.3, -0.25) is 0 Å². The summed E-state index contributed by atoms with van der Waals surface area (Å²) in [5.74, 6) is 1.71. The maximum atomic E-state index is 5.63. The van der Waals surface area contributed by atoms with E-state index in [1.165, 1.54) is 110 Å². The second-order valence-corrected chi connectivity index (χ2v) is 20.6. The van der Waals surface area contributed by atoms with Crippen LogP contribution in [0.2, 0.25) is 0 Å². The minimum atomic E-state index is -0.0738. The third-order valence-corrected chi connectivity index (χ3v) is 13.7. The minimum Gasteiger partial charge on any atom is -0.497 e. The number of fused-ring (bicyclic) bond motifs is 10. The monoisotopic (exact) mass is 796 g/mol. The van der Waals surface area contributed by atoms with Gasteiger partial charge in [0.15, 0.2) is 0 Å². The molecule has 0 fully saturated rings. The molecule has 0 saturated carbocycles. The van der Waals surface area contributed by atoms with Gasteiger partial charge in [-0.25, -0.2) is 0 Å². The first kappa shape index (κ1) is 37.8. The summed E-state index contributed by atoms with van der Waals surface area (Å²) in [6.07, 6.45) is 0. The number of benzene rings is 7. The Balaban J connectivity index is 1.33. The van der Waals surface area contributed by atoms with Crippen molar-refractivity contribution in [1.82, 2.24) is 9.05 Å². The zero-order valence-electron chi connectivity index (χ0n) is 37.3. The van der Waals surface area contributed by atoms with Crippen molar-refractivity contribution in [2.24, 2.45) is 0 Å². The van der Waals surface area contributed by atoms with Crippen molar-refractivity contribution in [3.8, 4) is 50.6 Å². The molecule has 0 radical (unpaired) electrons. The van der Waals surface area contributed by atoms with Crippen molar-refractivity contribution in [3.63, 3.8) is 0 Å². The summed E-state index contributed by atoms with van der Waals surface area (Å²) < 4.78 is 16.5. The Bertz CT molecular complexity index is 3310. The fourth-order valence-electron chi connectivity index (χ4n) is 10.3. The van der Waals surface area contributed by atoms with E-state index in [9.17, 15) is 0 Å². The Labute approximate surface area is 359 Å². The molecule has 0 N–H and O–H groups in total. The SMILES string of the molecule is COc1ccc(-c2ccc3c(c2)c2cc(-c4ccc(OC)cc4)cc4c2n3-c2cc(C(C)(C)C)cc3c2B4n2c4ccc(C(C)(C)C)cc4c4cc(C(C)(C)C)cc-3c42)cc1. The molecule has 0 saturated heterocycles. The van der Waals surface area contributed by atoms with E-state index in [0.29, 0.717) is 0 Å². The molecular weight excluding hydrogens is 743 g/mol. The van der Waals surface area contributed by atoms with Gasteiger partial charge in [0.2, 0.25) is 0 Å². The van der Waals surface area contributed by atoms with Gasteiger partial charge in [0.25, 0.3) is 0 Å². The quantitative estimate of drug-likeness (QED) is 0.166. The van der Waals surface area contributed by atoms with Crippen molar-refractivity contribution < 1.29 is 9.47 Å². The average Bonchev–Trinajstić information content (AvgIpc) is 3.75. The predicted molar refractivity (Wildman–Crippen MR) is 260 cm³/mol. The zero-order valence-corrected chi connectivity index (χ0v) is 37.3. The van der Waals surface area contributed by atoms with E-state index in [2.05, 4.69) is 193 Å². The number of methoxy groups -OCH3 is 2. The molecule has 0 amide bonds. The summed E-state index contributed by atoms with van der Waals surface area (Å²) in [6.45, 7) is 21.1. The topological polar surface area (TPSA) is 28.3 Å². The van der Waals surface area contributed by atoms with Crippen LogP contribution >= 0.6 is 0 Å². The molecule has 2 aromatic heterocycles. The Morgan fingerprint density at radius 2 is 0.934 bits per heavy atom. The van der Waals surface area contributed by atoms with Crippen molar-refractivity contribution in [2.75, 3.05) is 14.2 Å². The molecular formula is C56H53BN2O2. The fourth-order valence-corrected chi connectivity index (χ4v) is 10.3. The van der Waals surface area contributed by atoms with Gasteiger partial charge < -0.3 is 18.5 Å². The van der Waals surface area contributed by atoms with Gasteiger partial charge in [0.1, 0.15) is 11.5 Å². The van der Waals surface area contributed by atoms with Crippen LogP contribution in [0.5, 0.6) is 11.5 Å². The molecule has 5 heteroatoms. The molecule has 0 atom stereocenters. The lowest BCUT2D eigenvalue weighted by molar-refractivity contribution is 0.415. The summed E-state index contributed by atoms with van der Waals surface area (Å²) in [5.41, 5.74) is 20.5. The van der Waals surface area contributed by atoms with Gasteiger partial charge >= 0.3 is 6.85 Å². The second kappa shape index (κ2) is 12.7. The Kier molecular flexibility index (Phi) is 7.85. The van der Waals surface area contributed by atoms with Crippen LogP contribution in [-0.4, -0.2) is 30.1 Å². The minimum absolute atomic E-state index is 0.0142. The predicted octanol–water partition coefficient (Wildman–Crippen LogP) is 13.1. The normalized spacial score (nSPS) is 13.5. The standard InChI is InChI=1S/C56H53BN2O2/c1-54(2,3)36-17-23-49-42(27-36)45-29-37(55(4,5)6)30-46-43-28-38(56(7,8)9)31-50-51(43)57(59(49)52(45)46)47-26-35(33-14-20-40(61-11)21-15-33)25-44-41-24-34(16-22-48(41)58(50)53(44)47)32-12-18-39(60-10)19-13-32/h12-31H,1-11H3. The first-order chi connectivity index (χ1) is 29.0. The average molecular weight is 797 g/mol. The van der Waals surface area contributed by atoms with E-state index in [-0.39, 0.29) is 23.1 Å². The molecule has 7 aromatic carbocycles. The molecule has 2 aliphatic rings. The van der Waals surface area contributed by atoms with Gasteiger partial charge in [-0.1, -0.05) is 111 Å². The van der Waals surface area contributed by atoms with E-state index in [1.807, 2.05) is 0 Å². The van der Waals surface area contributed by atoms with E-state index < -0.39 is 0 Å². The molecule has 0 bridgehead atoms. The summed E-state index contributed by atoms with van der Waals surface area (Å²) in [7, 11) is 3.46. The Morgan fingerprint density at radius 1 is 0.426 bits per heavy atom. The first-order valence-corrected chi connectivity index (χ1v) is 21.8. The van der Waals surface area contributed by atoms with Crippen LogP contribution in [0, 0.1) is 0 Å². The van der Waals surface area contributed by atoms with E-state index in [4.69, 9.17) is 9.47 Å². The summed E-state index contributed by atoms with van der Waals surface area (Å²) in [4.78, 5) is 0. The van der Waals surface area contributed by atoms with E-state index in [0.717, 1.165) is 11.5 Å². The summed E-state index contributed by atoms with van der Waals surface area (Å²) in [5, 5.41) is 5.18. The summed E-state index contributed by atoms with van der Waals surface area (Å²) >= 11 is 0. The molecule has 4 heterocycles. The van der Waals surface area contributed by atoms with Crippen molar-refractivity contribution in [2.45, 2.75) is 78.6 Å². The Hall–Kier alpha value is -6.20. The second-order valence-electron chi connectivity index (χ2n) is 20.6. The lowest BCUT2D eigenvalue weighted by Gasteiger charge is -2.36. The number of aromatic nitrogens is 2. The molecule has 9 aromatic rings. The van der Waals surface area contributed by atoms with E-state index in [1.54, 1.807) is 14.2 Å². The van der Waals surface area contributed by atoms with Crippen LogP contribution in [0.3, 0.4) is 0 Å². The van der Waals surface area contributed by atoms with Crippen LogP contribution in [0.1, 0.15) is 79.0 Å². The molecule has 0 unspecified atom stereocenters. The van der Waals surface area contributed by atoms with Gasteiger partial charge in [-0.05, 0) is 144 Å². The fraction of sp³-hybridized carbons (Fsp3) is 0.250. The number of ether oxygens (including phenoxy) is 2. The number of nitrogens with zero attached hydrogens (tertiary/aromatic N) is 2. The maximum absolute atomic E-state index is 5.63. The highest BCUT2D eigenvalue weighted by Crippen LogP contribution is 2.47. The largest absolute Gasteiger partial charge is 0.497 e. The lowest BCUT2D eigenvalue weighted by atomic mass is 9.45. The molecule has 0 aliphatic carbocycles. The van der Waals surface area contributed by atoms with Gasteiger partial charge in [0, 0.05) is 43.8 Å². The maximum Gasteiger partial charge on any atom is 0.333 e. The van der Waals surface area contributed by atoms with Crippen LogP contribution in [0.15, 0.2) is 121 Å². The molecule has 4 nitrogen and oxygen atoms in total. The van der Waals surface area contributed by atoms with Gasteiger partial charge in [-0.15, -0.1) is 0 Å². The third kappa shape index (κ3) is 5.52. The molecule has 61 heavy (non-hydrogen) atoms. The number of hydrogen-bond acceptors (Lipinski definition) is 2. The number of rotatable bonds is 4. The smallest absolute Gasteiger partial charge is 0.333 e. The molecule has 11 rings (SSSR count). The highest BCUT2D eigenvalue weighted by molar-refractivity contribution is 6.90. The number of hydrogen-bond donors (Lipinski definition) is 0. The van der Waals surface area contributed by atoms with Gasteiger partial charge in [0.05, 0.1) is 25.3 Å². The first-order valence-electron chi connectivity index (χ1n) is 21.8. The van der Waals surface area contributed by atoms with Crippen LogP contribution in [-0.2, 0) is 16.2 Å². The van der Waals surface area contributed by atoms with Crippen LogP contribution < -0.4 is 20.4 Å². The van der Waals surface area contributed by atoms with Gasteiger partial charge in [-0.2, -0.15) is 0 Å².